The van der Waals surface area contributed by atoms with Crippen molar-refractivity contribution in [3.63, 3.8) is 0 Å². The quantitative estimate of drug-likeness (QED) is 0.766. The molecule has 0 amide bonds. The standard InChI is InChI=1S/C10H14ClNO/c1-6-3-4-9(11)8(5-6)10(12)7(2)13/h3-5,7,10,13H,12H2,1-2H3/t7-,10-/m0/s1. The fourth-order valence-electron chi connectivity index (χ4n) is 1.18. The zero-order chi connectivity index (χ0) is 10.0. The molecular weight excluding hydrogens is 186 g/mol. The number of aryl methyl sites for hydroxylation is 1. The summed E-state index contributed by atoms with van der Waals surface area (Å²) in [6.45, 7) is 3.62. The summed E-state index contributed by atoms with van der Waals surface area (Å²) in [6, 6.07) is 5.21. The summed E-state index contributed by atoms with van der Waals surface area (Å²) < 4.78 is 0. The summed E-state index contributed by atoms with van der Waals surface area (Å²) >= 11 is 5.94. The van der Waals surface area contributed by atoms with E-state index in [0.717, 1.165) is 11.1 Å². The maximum Gasteiger partial charge on any atom is 0.0705 e. The number of halogens is 1. The average molecular weight is 200 g/mol. The van der Waals surface area contributed by atoms with Gasteiger partial charge in [0.15, 0.2) is 0 Å². The minimum absolute atomic E-state index is 0.410. The molecule has 0 fully saturated rings. The van der Waals surface area contributed by atoms with Crippen molar-refractivity contribution in [2.45, 2.75) is 26.0 Å². The highest BCUT2D eigenvalue weighted by molar-refractivity contribution is 6.31. The summed E-state index contributed by atoms with van der Waals surface area (Å²) in [5, 5.41) is 9.92. The van der Waals surface area contributed by atoms with E-state index < -0.39 is 12.1 Å². The highest BCUT2D eigenvalue weighted by Crippen LogP contribution is 2.24. The van der Waals surface area contributed by atoms with E-state index in [9.17, 15) is 5.11 Å². The van der Waals surface area contributed by atoms with Gasteiger partial charge in [0, 0.05) is 5.02 Å². The first-order valence-electron chi connectivity index (χ1n) is 4.22. The van der Waals surface area contributed by atoms with E-state index >= 15 is 0 Å². The van der Waals surface area contributed by atoms with Crippen molar-refractivity contribution in [1.82, 2.24) is 0 Å². The van der Waals surface area contributed by atoms with E-state index in [1.807, 2.05) is 19.1 Å². The van der Waals surface area contributed by atoms with Gasteiger partial charge < -0.3 is 10.8 Å². The van der Waals surface area contributed by atoms with Crippen LogP contribution in [0.4, 0.5) is 0 Å². The summed E-state index contributed by atoms with van der Waals surface area (Å²) in [4.78, 5) is 0. The summed E-state index contributed by atoms with van der Waals surface area (Å²) in [6.07, 6.45) is -0.584. The van der Waals surface area contributed by atoms with Crippen LogP contribution in [0.5, 0.6) is 0 Å². The lowest BCUT2D eigenvalue weighted by Gasteiger charge is -2.16. The van der Waals surface area contributed by atoms with Gasteiger partial charge in [0.2, 0.25) is 0 Å². The molecule has 0 heterocycles. The van der Waals surface area contributed by atoms with E-state index in [4.69, 9.17) is 17.3 Å². The molecule has 0 saturated carbocycles. The molecule has 1 aromatic carbocycles. The predicted molar refractivity (Wildman–Crippen MR) is 54.8 cm³/mol. The van der Waals surface area contributed by atoms with Crippen molar-refractivity contribution < 1.29 is 5.11 Å². The molecule has 0 unspecified atom stereocenters. The number of hydrogen-bond acceptors (Lipinski definition) is 2. The maximum atomic E-state index is 9.31. The van der Waals surface area contributed by atoms with Gasteiger partial charge in [0.1, 0.15) is 0 Å². The predicted octanol–water partition coefficient (Wildman–Crippen LogP) is 2.03. The minimum atomic E-state index is -0.584. The summed E-state index contributed by atoms with van der Waals surface area (Å²) in [5.74, 6) is 0. The smallest absolute Gasteiger partial charge is 0.0705 e. The monoisotopic (exact) mass is 199 g/mol. The zero-order valence-electron chi connectivity index (χ0n) is 7.79. The molecule has 3 heteroatoms. The molecule has 13 heavy (non-hydrogen) atoms. The lowest BCUT2D eigenvalue weighted by atomic mass is 10.0. The lowest BCUT2D eigenvalue weighted by molar-refractivity contribution is 0.164. The van der Waals surface area contributed by atoms with Gasteiger partial charge in [-0.1, -0.05) is 29.3 Å². The Morgan fingerprint density at radius 2 is 2.08 bits per heavy atom. The Morgan fingerprint density at radius 3 is 2.62 bits per heavy atom. The molecule has 0 spiro atoms. The Bertz CT molecular complexity index is 299. The molecule has 2 nitrogen and oxygen atoms in total. The zero-order valence-corrected chi connectivity index (χ0v) is 8.55. The molecule has 0 radical (unpaired) electrons. The van der Waals surface area contributed by atoms with Crippen molar-refractivity contribution >= 4 is 11.6 Å². The lowest BCUT2D eigenvalue weighted by Crippen LogP contribution is -2.23. The molecule has 0 aliphatic carbocycles. The molecular formula is C10H14ClNO. The van der Waals surface area contributed by atoms with Crippen LogP contribution in [-0.2, 0) is 0 Å². The number of benzene rings is 1. The van der Waals surface area contributed by atoms with Crippen LogP contribution in [0, 0.1) is 6.92 Å². The first kappa shape index (κ1) is 10.5. The van der Waals surface area contributed by atoms with E-state index in [1.54, 1.807) is 13.0 Å². The number of aliphatic hydroxyl groups excluding tert-OH is 1. The highest BCUT2D eigenvalue weighted by Gasteiger charge is 2.14. The van der Waals surface area contributed by atoms with Gasteiger partial charge in [-0.15, -0.1) is 0 Å². The number of aliphatic hydroxyl groups is 1. The van der Waals surface area contributed by atoms with Crippen LogP contribution in [0.25, 0.3) is 0 Å². The second-order valence-corrected chi connectivity index (χ2v) is 3.70. The van der Waals surface area contributed by atoms with Crippen LogP contribution in [0.1, 0.15) is 24.1 Å². The van der Waals surface area contributed by atoms with Crippen molar-refractivity contribution in [1.29, 1.82) is 0 Å². The van der Waals surface area contributed by atoms with Gasteiger partial charge in [-0.3, -0.25) is 0 Å². The van der Waals surface area contributed by atoms with Crippen LogP contribution in [0.2, 0.25) is 5.02 Å². The van der Waals surface area contributed by atoms with E-state index in [2.05, 4.69) is 0 Å². The van der Waals surface area contributed by atoms with Crippen LogP contribution >= 0.6 is 11.6 Å². The fourth-order valence-corrected chi connectivity index (χ4v) is 1.42. The van der Waals surface area contributed by atoms with E-state index in [1.165, 1.54) is 0 Å². The normalized spacial score (nSPS) is 15.5. The van der Waals surface area contributed by atoms with Crippen molar-refractivity contribution in [3.05, 3.63) is 34.3 Å². The molecule has 0 aliphatic rings. The SMILES string of the molecule is Cc1ccc(Cl)c([C@@H](N)[C@H](C)O)c1. The van der Waals surface area contributed by atoms with Gasteiger partial charge in [-0.25, -0.2) is 0 Å². The van der Waals surface area contributed by atoms with Gasteiger partial charge in [-0.05, 0) is 25.5 Å². The highest BCUT2D eigenvalue weighted by atomic mass is 35.5. The number of hydrogen-bond donors (Lipinski definition) is 2. The third-order valence-corrected chi connectivity index (χ3v) is 2.37. The topological polar surface area (TPSA) is 46.2 Å². The molecule has 1 rings (SSSR count). The third kappa shape index (κ3) is 2.44. The molecule has 0 saturated heterocycles. The van der Waals surface area contributed by atoms with Gasteiger partial charge in [0.05, 0.1) is 12.1 Å². The molecule has 2 atom stereocenters. The van der Waals surface area contributed by atoms with Crippen molar-refractivity contribution in [3.8, 4) is 0 Å². The first-order chi connectivity index (χ1) is 6.02. The summed E-state index contributed by atoms with van der Waals surface area (Å²) in [7, 11) is 0. The number of nitrogens with two attached hydrogens (primary N) is 1. The Kier molecular flexibility index (Phi) is 3.31. The fraction of sp³-hybridized carbons (Fsp3) is 0.400. The molecule has 72 valence electrons. The first-order valence-corrected chi connectivity index (χ1v) is 4.60. The molecule has 0 aromatic heterocycles. The Labute approximate surface area is 83.3 Å². The van der Waals surface area contributed by atoms with E-state index in [-0.39, 0.29) is 0 Å². The third-order valence-electron chi connectivity index (χ3n) is 2.03. The molecule has 3 N–H and O–H groups in total. The van der Waals surface area contributed by atoms with Crippen molar-refractivity contribution in [2.75, 3.05) is 0 Å². The van der Waals surface area contributed by atoms with Crippen LogP contribution < -0.4 is 5.73 Å². The number of rotatable bonds is 2. The second kappa shape index (κ2) is 4.09. The second-order valence-electron chi connectivity index (χ2n) is 3.29. The van der Waals surface area contributed by atoms with Crippen molar-refractivity contribution in [2.24, 2.45) is 5.73 Å². The molecule has 0 aliphatic heterocycles. The van der Waals surface area contributed by atoms with Gasteiger partial charge in [-0.2, -0.15) is 0 Å². The largest absolute Gasteiger partial charge is 0.391 e. The van der Waals surface area contributed by atoms with Crippen LogP contribution in [0.3, 0.4) is 0 Å². The average Bonchev–Trinajstić information content (AvgIpc) is 2.08. The minimum Gasteiger partial charge on any atom is -0.391 e. The Hall–Kier alpha value is -0.570. The molecule has 0 bridgehead atoms. The van der Waals surface area contributed by atoms with Gasteiger partial charge in [0.25, 0.3) is 0 Å². The van der Waals surface area contributed by atoms with Crippen LogP contribution in [0.15, 0.2) is 18.2 Å². The van der Waals surface area contributed by atoms with Gasteiger partial charge >= 0.3 is 0 Å². The van der Waals surface area contributed by atoms with E-state index in [0.29, 0.717) is 5.02 Å². The Morgan fingerprint density at radius 1 is 1.46 bits per heavy atom. The Balaban J connectivity index is 3.05. The summed E-state index contributed by atoms with van der Waals surface area (Å²) in [5.41, 5.74) is 7.67. The molecule has 1 aromatic rings. The van der Waals surface area contributed by atoms with Crippen LogP contribution in [-0.4, -0.2) is 11.2 Å². The maximum absolute atomic E-state index is 9.31.